The molecule has 38 heteroatoms. The van der Waals surface area contributed by atoms with Crippen LogP contribution in [0.2, 0.25) is 0 Å². The van der Waals surface area contributed by atoms with Crippen molar-refractivity contribution in [3.05, 3.63) is 142 Å². The standard InChI is InChI=1S/C29H39NO7.C24H32N2O5.2C22H30N2O4.C4H6O6.C2H4O2.H2O.2H2S/c1-18(2)14-20(28(33)34)15-21(31)6-5-7-25(32)36-22-10-11-29-12-13-30(3)17-19-8-9-23(35-4)27(26(19)29)37-24(29)16-22;1-14(2)21(25-15(3)27)23(28)30-17-8-9-24-10-11-26(4)13-16-6-7-18(29-5)22(20(16)24)31-19(24)12-17;2*1-13(2)19(23)21(25)27-15-7-8-22-9-10-24(3)12-14-5-6-16(26-4)20(18(14)22)28-17(22)11-15;5-1(3(7)8)2(6)4(9)10;1-2(3)4;;;/h8-11,18,20,22,24H,5-7,12-17H2,1-4H3,(H,33,34);6-9,14,17,19,21H,10-13H2,1-5H3,(H,25,27);2*5-8,13,15,17,19H,9-12,23H2,1-4H3;1-2,5-6H,(H,7,8)(H,9,10);1H3,(H,3,4);3*1H2/t20-,22+,24+,29+;17-,19-,21-,24-;2*15-,17-,19-,22-;1-,2-;;;;/m10001..../s1. The molecule has 4 aromatic rings. The Balaban J connectivity index is 0.000000219. The number of rotatable bonds is 27. The number of carbonyl (C=O) groups is 10. The van der Waals surface area contributed by atoms with E-state index in [1.807, 2.05) is 104 Å². The lowest BCUT2D eigenvalue weighted by Crippen LogP contribution is -2.47. The molecule has 13 N–H and O–H groups in total. The van der Waals surface area contributed by atoms with Gasteiger partial charge in [0.25, 0.3) is 5.97 Å². The van der Waals surface area contributed by atoms with Crippen LogP contribution in [-0.2, 0) is 115 Å². The number of aliphatic hydroxyl groups is 2. The molecule has 0 unspecified atom stereocenters. The molecule has 1 amide bonds. The third-order valence-corrected chi connectivity index (χ3v) is 28.1. The van der Waals surface area contributed by atoms with Crippen LogP contribution in [0.3, 0.4) is 0 Å². The normalized spacial score (nSPS) is 25.6. The molecule has 141 heavy (non-hydrogen) atoms. The molecule has 4 aromatic carbocycles. The molecule has 0 aromatic heterocycles. The Bertz CT molecular complexity index is 5090. The molecular formula is C103H147N7O29S2. The number of carbonyl (C=O) groups excluding carboxylic acids is 6. The van der Waals surface area contributed by atoms with Crippen LogP contribution in [0.1, 0.15) is 197 Å². The van der Waals surface area contributed by atoms with E-state index in [9.17, 15) is 48.3 Å². The number of amides is 1. The molecule has 4 aliphatic carbocycles. The molecule has 12 aliphatic rings. The molecule has 780 valence electrons. The first-order valence-corrected chi connectivity index (χ1v) is 47.6. The largest absolute Gasteiger partial charge is 0.493 e. The highest BCUT2D eigenvalue weighted by molar-refractivity contribution is 7.59. The fourth-order valence-electron chi connectivity index (χ4n) is 20.7. The van der Waals surface area contributed by atoms with Gasteiger partial charge in [-0.1, -0.05) is 104 Å². The molecule has 0 fully saturated rings. The van der Waals surface area contributed by atoms with Crippen LogP contribution in [0.5, 0.6) is 46.0 Å². The average Bonchev–Trinajstić information content (AvgIpc) is 1.58. The number of ketones is 1. The second kappa shape index (κ2) is 49.7. The minimum Gasteiger partial charge on any atom is -0.493 e. The van der Waals surface area contributed by atoms with E-state index in [2.05, 4.69) is 102 Å². The number of esters is 4. The first-order valence-electron chi connectivity index (χ1n) is 47.6. The van der Waals surface area contributed by atoms with E-state index in [4.69, 9.17) is 98.6 Å². The van der Waals surface area contributed by atoms with E-state index >= 15 is 0 Å². The van der Waals surface area contributed by atoms with E-state index in [-0.39, 0.29) is 163 Å². The van der Waals surface area contributed by atoms with Crippen molar-refractivity contribution in [1.29, 1.82) is 0 Å². The summed E-state index contributed by atoms with van der Waals surface area (Å²) < 4.78 is 71.1. The minimum absolute atomic E-state index is 0. The Hall–Kier alpha value is -10.5. The number of aliphatic hydroxyl groups excluding tert-OH is 2. The van der Waals surface area contributed by atoms with Crippen LogP contribution in [0, 0.1) is 29.6 Å². The summed E-state index contributed by atoms with van der Waals surface area (Å²) in [5, 5.41) is 52.0. The van der Waals surface area contributed by atoms with Crippen LogP contribution in [0.15, 0.2) is 97.1 Å². The molecule has 8 heterocycles. The number of benzene rings is 4. The first kappa shape index (κ1) is 116. The van der Waals surface area contributed by atoms with Crippen molar-refractivity contribution in [2.75, 3.05) is 82.8 Å². The van der Waals surface area contributed by atoms with Crippen LogP contribution < -0.4 is 54.7 Å². The van der Waals surface area contributed by atoms with E-state index in [1.165, 1.54) is 51.4 Å². The Morgan fingerprint density at radius 3 is 0.965 bits per heavy atom. The number of carboxylic acids is 4. The smallest absolute Gasteiger partial charge is 0.335 e. The van der Waals surface area contributed by atoms with Crippen LogP contribution in [0.4, 0.5) is 0 Å². The zero-order chi connectivity index (χ0) is 101. The summed E-state index contributed by atoms with van der Waals surface area (Å²) in [4.78, 5) is 123. The lowest BCUT2D eigenvalue weighted by atomic mass is 9.69. The third kappa shape index (κ3) is 26.2. The predicted octanol–water partition coefficient (Wildman–Crippen LogP) is 8.98. The van der Waals surface area contributed by atoms with Crippen molar-refractivity contribution >= 4 is 86.4 Å². The van der Waals surface area contributed by atoms with Gasteiger partial charge in [-0.25, -0.2) is 14.4 Å². The fraction of sp³-hybridized carbons (Fsp3) is 0.592. The van der Waals surface area contributed by atoms with Gasteiger partial charge in [-0.15, -0.1) is 0 Å². The van der Waals surface area contributed by atoms with Crippen LogP contribution in [0.25, 0.3) is 0 Å². The van der Waals surface area contributed by atoms with Gasteiger partial charge in [-0.3, -0.25) is 33.6 Å². The van der Waals surface area contributed by atoms with Gasteiger partial charge >= 0.3 is 41.8 Å². The van der Waals surface area contributed by atoms with Crippen LogP contribution in [-0.4, -0.2) is 277 Å². The number of nitrogens with zero attached hydrogens (tertiary/aromatic N) is 4. The van der Waals surface area contributed by atoms with Crippen molar-refractivity contribution in [2.24, 2.45) is 41.1 Å². The number of methoxy groups -OCH3 is 4. The molecule has 0 radical (unpaired) electrons. The molecule has 8 aliphatic heterocycles. The number of aliphatic carboxylic acids is 4. The lowest BCUT2D eigenvalue weighted by molar-refractivity contribution is -0.165. The highest BCUT2D eigenvalue weighted by Gasteiger charge is 2.59. The van der Waals surface area contributed by atoms with Gasteiger partial charge in [-0.05, 0) is 187 Å². The number of ether oxygens (including phenoxy) is 12. The average molecular weight is 2010 g/mol. The van der Waals surface area contributed by atoms with Crippen molar-refractivity contribution in [3.63, 3.8) is 0 Å². The van der Waals surface area contributed by atoms with E-state index in [0.717, 1.165) is 131 Å². The number of carboxylic acid groups (broad SMARTS) is 4. The molecule has 36 nitrogen and oxygen atoms in total. The summed E-state index contributed by atoms with van der Waals surface area (Å²) in [5.41, 5.74) is 20.9. The van der Waals surface area contributed by atoms with E-state index in [0.29, 0.717) is 38.5 Å². The van der Waals surface area contributed by atoms with E-state index in [1.54, 1.807) is 28.4 Å². The fourth-order valence-corrected chi connectivity index (χ4v) is 20.7. The number of nitrogens with two attached hydrogens (primary N) is 2. The lowest BCUT2D eigenvalue weighted by Gasteiger charge is -2.37. The zero-order valence-corrected chi connectivity index (χ0v) is 86.1. The third-order valence-electron chi connectivity index (χ3n) is 28.1. The minimum atomic E-state index is -2.27. The number of hydrogen-bond donors (Lipinski definition) is 9. The highest BCUT2D eigenvalue weighted by atomic mass is 32.1. The summed E-state index contributed by atoms with van der Waals surface area (Å²) in [6.45, 7) is 25.2. The van der Waals surface area contributed by atoms with E-state index < -0.39 is 78.3 Å². The van der Waals surface area contributed by atoms with Gasteiger partial charge in [0.05, 0.1) is 56.0 Å². The maximum Gasteiger partial charge on any atom is 0.335 e. The maximum atomic E-state index is 12.8. The molecule has 0 bridgehead atoms. The van der Waals surface area contributed by atoms with Gasteiger partial charge in [-0.2, -0.15) is 27.0 Å². The second-order valence-electron chi connectivity index (χ2n) is 39.7. The first-order chi connectivity index (χ1) is 65.3. The summed E-state index contributed by atoms with van der Waals surface area (Å²) >= 11 is 0. The topological polar surface area (TPSA) is 511 Å². The Morgan fingerprint density at radius 1 is 0.433 bits per heavy atom. The predicted molar refractivity (Wildman–Crippen MR) is 532 cm³/mol. The van der Waals surface area contributed by atoms with Crippen molar-refractivity contribution < 1.29 is 141 Å². The van der Waals surface area contributed by atoms with Crippen molar-refractivity contribution in [1.82, 2.24) is 24.9 Å². The van der Waals surface area contributed by atoms with Gasteiger partial charge in [0.2, 0.25) is 5.91 Å². The Morgan fingerprint density at radius 2 is 0.716 bits per heavy atom. The Labute approximate surface area is 839 Å². The monoisotopic (exact) mass is 2010 g/mol. The van der Waals surface area contributed by atoms with Crippen LogP contribution >= 0.6 is 27.0 Å². The summed E-state index contributed by atoms with van der Waals surface area (Å²) in [6.07, 6.45) is 17.6. The Kier molecular flexibility index (Phi) is 40.8. The second-order valence-corrected chi connectivity index (χ2v) is 39.7. The zero-order valence-electron chi connectivity index (χ0n) is 84.1. The summed E-state index contributed by atoms with van der Waals surface area (Å²) in [6, 6.07) is 14.6. The molecular weight excluding hydrogens is 1860 g/mol. The molecule has 0 saturated heterocycles. The molecule has 0 saturated carbocycles. The van der Waals surface area contributed by atoms with Gasteiger partial charge in [0.15, 0.2) is 58.2 Å². The number of hydrogen-bond acceptors (Lipinski definition) is 30. The summed E-state index contributed by atoms with van der Waals surface area (Å²) in [7, 11) is 15.2. The molecule has 18 atom stereocenters. The molecule has 16 rings (SSSR count). The summed E-state index contributed by atoms with van der Waals surface area (Å²) in [5.74, 6) is -1.30. The molecule has 4 spiro atoms. The van der Waals surface area contributed by atoms with Crippen molar-refractivity contribution in [2.45, 2.75) is 280 Å². The quantitative estimate of drug-likeness (QED) is 0.0153. The van der Waals surface area contributed by atoms with Gasteiger partial charge in [0.1, 0.15) is 72.7 Å². The van der Waals surface area contributed by atoms with Crippen molar-refractivity contribution in [3.8, 4) is 46.0 Å². The number of Topliss-reactive ketones (excluding diaryl/α,β-unsaturated/α-hetero) is 1. The van der Waals surface area contributed by atoms with Gasteiger partial charge in [0, 0.05) is 107 Å². The SMILES string of the molecule is CC(=O)O.COc1ccc2c3c1O[C@H]1C[C@@H](OC(=O)CCCC(=O)C[C@@H](CC(C)C)C(=O)O)C=C[C@@]31CCN(C)C2.COc1ccc2c3c1O[C@H]1C[C@@H](OC(=O)[C@@H](N)C(C)C)C=C[C@@]31CCN(C)C2.COc1ccc2c3c1O[C@H]1C[C@@H](OC(=O)[C@@H](N)C(C)C)C=C[C@@]31CCN(C)C2.COc1ccc2c3c1O[C@H]1C[C@@H](OC(=O)[C@@H](NC(C)=O)C(C)C)C=C[C@@]31CCN(C)C2.O.O=C(O)[C@H](O)[C@@H](O)C(=O)O.S.S. The number of nitrogens with one attached hydrogen (secondary N) is 1. The maximum absolute atomic E-state index is 12.8. The van der Waals surface area contributed by atoms with Gasteiger partial charge < -0.3 is 129 Å². The highest BCUT2D eigenvalue weighted by Crippen LogP contribution is 2.61.